The molecule has 0 atom stereocenters. The van der Waals surface area contributed by atoms with E-state index < -0.39 is 28.3 Å². The summed E-state index contributed by atoms with van der Waals surface area (Å²) in [5, 5.41) is 2.73. The van der Waals surface area contributed by atoms with Crippen LogP contribution in [0, 0.1) is 33.5 Å². The van der Waals surface area contributed by atoms with Gasteiger partial charge in [0, 0.05) is 5.69 Å². The SMILES string of the molecule is Cc1cc(C)c(NC(=O)CNS(=O)(=O)c2ccc(F)cc2C)c(C)c1. The molecule has 0 heterocycles. The number of anilines is 1. The molecule has 134 valence electrons. The van der Waals surface area contributed by atoms with E-state index in [2.05, 4.69) is 10.0 Å². The Kier molecular flexibility index (Phi) is 5.59. The molecule has 0 saturated carbocycles. The molecule has 0 saturated heterocycles. The summed E-state index contributed by atoms with van der Waals surface area (Å²) in [4.78, 5) is 12.1. The van der Waals surface area contributed by atoms with Gasteiger partial charge in [0.1, 0.15) is 5.82 Å². The number of rotatable bonds is 5. The van der Waals surface area contributed by atoms with Crippen LogP contribution in [0.1, 0.15) is 22.3 Å². The number of amides is 1. The third-order valence-electron chi connectivity index (χ3n) is 3.79. The lowest BCUT2D eigenvalue weighted by Crippen LogP contribution is -2.33. The van der Waals surface area contributed by atoms with Crippen molar-refractivity contribution in [1.82, 2.24) is 4.72 Å². The maximum absolute atomic E-state index is 13.1. The van der Waals surface area contributed by atoms with E-state index in [9.17, 15) is 17.6 Å². The van der Waals surface area contributed by atoms with Crippen LogP contribution in [-0.2, 0) is 14.8 Å². The fourth-order valence-electron chi connectivity index (χ4n) is 2.71. The van der Waals surface area contributed by atoms with Gasteiger partial charge in [-0.05, 0) is 62.6 Å². The first-order valence-electron chi connectivity index (χ1n) is 7.73. The first kappa shape index (κ1) is 19.1. The Labute approximate surface area is 147 Å². The van der Waals surface area contributed by atoms with E-state index in [0.29, 0.717) is 5.69 Å². The quantitative estimate of drug-likeness (QED) is 0.856. The number of aryl methyl sites for hydroxylation is 4. The van der Waals surface area contributed by atoms with Gasteiger partial charge in [0.05, 0.1) is 11.4 Å². The Hall–Kier alpha value is -2.25. The summed E-state index contributed by atoms with van der Waals surface area (Å²) in [6, 6.07) is 7.26. The zero-order valence-corrected chi connectivity index (χ0v) is 15.4. The molecule has 0 aliphatic carbocycles. The van der Waals surface area contributed by atoms with Crippen molar-refractivity contribution >= 4 is 21.6 Å². The lowest BCUT2D eigenvalue weighted by atomic mass is 10.1. The van der Waals surface area contributed by atoms with Gasteiger partial charge in [0.15, 0.2) is 0 Å². The molecule has 2 aromatic carbocycles. The van der Waals surface area contributed by atoms with Crippen LogP contribution in [0.3, 0.4) is 0 Å². The Bertz CT molecular complexity index is 901. The number of benzene rings is 2. The smallest absolute Gasteiger partial charge is 0.241 e. The third kappa shape index (κ3) is 4.64. The molecule has 0 aliphatic rings. The second kappa shape index (κ2) is 7.33. The van der Waals surface area contributed by atoms with Gasteiger partial charge in [-0.25, -0.2) is 17.5 Å². The van der Waals surface area contributed by atoms with Gasteiger partial charge in [-0.15, -0.1) is 0 Å². The molecule has 25 heavy (non-hydrogen) atoms. The molecule has 0 bridgehead atoms. The highest BCUT2D eigenvalue weighted by molar-refractivity contribution is 7.89. The highest BCUT2D eigenvalue weighted by Crippen LogP contribution is 2.22. The van der Waals surface area contributed by atoms with Crippen LogP contribution in [0.25, 0.3) is 0 Å². The Morgan fingerprint density at radius 1 is 1.00 bits per heavy atom. The van der Waals surface area contributed by atoms with E-state index in [1.54, 1.807) is 0 Å². The van der Waals surface area contributed by atoms with Gasteiger partial charge in [-0.2, -0.15) is 0 Å². The van der Waals surface area contributed by atoms with Crippen molar-refractivity contribution in [3.05, 3.63) is 58.4 Å². The molecule has 7 heteroatoms. The number of nitrogens with one attached hydrogen (secondary N) is 2. The summed E-state index contributed by atoms with van der Waals surface area (Å²) in [5.74, 6) is -0.988. The first-order valence-corrected chi connectivity index (χ1v) is 9.22. The molecule has 0 spiro atoms. The summed E-state index contributed by atoms with van der Waals surface area (Å²) in [6.45, 7) is 6.80. The summed E-state index contributed by atoms with van der Waals surface area (Å²) in [5.41, 5.74) is 3.84. The van der Waals surface area contributed by atoms with E-state index in [4.69, 9.17) is 0 Å². The standard InChI is InChI=1S/C18H21FN2O3S/c1-11-7-13(3)18(14(4)8-11)21-17(22)10-20-25(23,24)16-6-5-15(19)9-12(16)2/h5-9,20H,10H2,1-4H3,(H,21,22). The summed E-state index contributed by atoms with van der Waals surface area (Å²) in [7, 11) is -3.90. The third-order valence-corrected chi connectivity index (χ3v) is 5.35. The lowest BCUT2D eigenvalue weighted by molar-refractivity contribution is -0.115. The van der Waals surface area contributed by atoms with Crippen LogP contribution in [0.15, 0.2) is 35.2 Å². The number of hydrogen-bond donors (Lipinski definition) is 2. The van der Waals surface area contributed by atoms with Crippen LogP contribution in [0.2, 0.25) is 0 Å². The van der Waals surface area contributed by atoms with Gasteiger partial charge >= 0.3 is 0 Å². The number of carbonyl (C=O) groups excluding carboxylic acids is 1. The summed E-state index contributed by atoms with van der Waals surface area (Å²) in [6.07, 6.45) is 0. The molecule has 1 amide bonds. The van der Waals surface area contributed by atoms with Crippen molar-refractivity contribution < 1.29 is 17.6 Å². The minimum absolute atomic E-state index is 0.0515. The number of carbonyl (C=O) groups is 1. The maximum Gasteiger partial charge on any atom is 0.241 e. The van der Waals surface area contributed by atoms with Crippen molar-refractivity contribution in [2.45, 2.75) is 32.6 Å². The Morgan fingerprint density at radius 2 is 1.60 bits per heavy atom. The Balaban J connectivity index is 2.09. The van der Waals surface area contributed by atoms with Crippen LogP contribution < -0.4 is 10.0 Å². The fourth-order valence-corrected chi connectivity index (χ4v) is 3.92. The number of sulfonamides is 1. The summed E-state index contributed by atoms with van der Waals surface area (Å²) < 4.78 is 39.9. The highest BCUT2D eigenvalue weighted by Gasteiger charge is 2.18. The molecule has 0 radical (unpaired) electrons. The van der Waals surface area contributed by atoms with E-state index in [-0.39, 0.29) is 10.5 Å². The van der Waals surface area contributed by atoms with Crippen molar-refractivity contribution in [2.75, 3.05) is 11.9 Å². The van der Waals surface area contributed by atoms with Crippen LogP contribution in [-0.4, -0.2) is 20.9 Å². The molecule has 0 fully saturated rings. The van der Waals surface area contributed by atoms with Gasteiger partial charge in [-0.1, -0.05) is 17.7 Å². The fraction of sp³-hybridized carbons (Fsp3) is 0.278. The van der Waals surface area contributed by atoms with Crippen molar-refractivity contribution in [2.24, 2.45) is 0 Å². The second-order valence-corrected chi connectivity index (χ2v) is 7.79. The van der Waals surface area contributed by atoms with E-state index in [1.165, 1.54) is 13.0 Å². The molecule has 0 aliphatic heterocycles. The van der Waals surface area contributed by atoms with E-state index >= 15 is 0 Å². The van der Waals surface area contributed by atoms with Gasteiger partial charge in [0.2, 0.25) is 15.9 Å². The molecule has 0 aromatic heterocycles. The van der Waals surface area contributed by atoms with E-state index in [0.717, 1.165) is 28.8 Å². The molecule has 2 rings (SSSR count). The Morgan fingerprint density at radius 3 is 2.16 bits per heavy atom. The average Bonchev–Trinajstić information content (AvgIpc) is 2.48. The monoisotopic (exact) mass is 364 g/mol. The van der Waals surface area contributed by atoms with Crippen molar-refractivity contribution in [3.8, 4) is 0 Å². The second-order valence-electron chi connectivity index (χ2n) is 6.06. The summed E-state index contributed by atoms with van der Waals surface area (Å²) >= 11 is 0. The molecule has 5 nitrogen and oxygen atoms in total. The molecular weight excluding hydrogens is 343 g/mol. The topological polar surface area (TPSA) is 75.3 Å². The molecule has 2 N–H and O–H groups in total. The largest absolute Gasteiger partial charge is 0.324 e. The van der Waals surface area contributed by atoms with E-state index in [1.807, 2.05) is 32.9 Å². The first-order chi connectivity index (χ1) is 11.6. The van der Waals surface area contributed by atoms with Crippen molar-refractivity contribution in [3.63, 3.8) is 0 Å². The van der Waals surface area contributed by atoms with Gasteiger partial charge < -0.3 is 5.32 Å². The molecule has 0 unspecified atom stereocenters. The normalized spacial score (nSPS) is 11.4. The van der Waals surface area contributed by atoms with Gasteiger partial charge in [-0.3, -0.25) is 4.79 Å². The maximum atomic E-state index is 13.1. The van der Waals surface area contributed by atoms with Gasteiger partial charge in [0.25, 0.3) is 0 Å². The predicted octanol–water partition coefficient (Wildman–Crippen LogP) is 2.98. The zero-order chi connectivity index (χ0) is 18.8. The average molecular weight is 364 g/mol. The van der Waals surface area contributed by atoms with Crippen LogP contribution >= 0.6 is 0 Å². The lowest BCUT2D eigenvalue weighted by Gasteiger charge is -2.14. The number of halogens is 1. The predicted molar refractivity (Wildman–Crippen MR) is 95.6 cm³/mol. The minimum Gasteiger partial charge on any atom is -0.324 e. The van der Waals surface area contributed by atoms with Crippen LogP contribution in [0.4, 0.5) is 10.1 Å². The van der Waals surface area contributed by atoms with Crippen molar-refractivity contribution in [1.29, 1.82) is 0 Å². The number of hydrogen-bond acceptors (Lipinski definition) is 3. The zero-order valence-electron chi connectivity index (χ0n) is 14.6. The molecule has 2 aromatic rings. The van der Waals surface area contributed by atoms with Crippen LogP contribution in [0.5, 0.6) is 0 Å². The molecular formula is C18H21FN2O3S. The highest BCUT2D eigenvalue weighted by atomic mass is 32.2. The minimum atomic E-state index is -3.90.